The van der Waals surface area contributed by atoms with Crippen LogP contribution < -0.4 is 5.32 Å². The number of carbonyl (C=O) groups excluding carboxylic acids is 1. The highest BCUT2D eigenvalue weighted by molar-refractivity contribution is 5.94. The van der Waals surface area contributed by atoms with Crippen LogP contribution in [0.15, 0.2) is 36.4 Å². The number of aromatic nitrogens is 1. The standard InChI is InChI=1S/C18H24N2O/c1-12(2)15(5)19-18(21)16-8-10-17(11-9-16)20-13(3)6-7-14(20)4/h6-12,15H,1-5H3,(H,19,21). The van der Waals surface area contributed by atoms with Gasteiger partial charge < -0.3 is 9.88 Å². The Balaban J connectivity index is 2.18. The van der Waals surface area contributed by atoms with Crippen molar-refractivity contribution in [3.63, 3.8) is 0 Å². The van der Waals surface area contributed by atoms with Gasteiger partial charge in [-0.25, -0.2) is 0 Å². The summed E-state index contributed by atoms with van der Waals surface area (Å²) >= 11 is 0. The maximum atomic E-state index is 12.2. The molecule has 0 fully saturated rings. The molecule has 1 aromatic heterocycles. The van der Waals surface area contributed by atoms with E-state index in [0.717, 1.165) is 5.69 Å². The van der Waals surface area contributed by atoms with Gasteiger partial charge in [0, 0.05) is 28.7 Å². The molecule has 1 aromatic carbocycles. The van der Waals surface area contributed by atoms with Crippen molar-refractivity contribution in [1.82, 2.24) is 9.88 Å². The van der Waals surface area contributed by atoms with Gasteiger partial charge in [0.05, 0.1) is 0 Å². The molecule has 0 aliphatic rings. The van der Waals surface area contributed by atoms with E-state index in [-0.39, 0.29) is 11.9 Å². The van der Waals surface area contributed by atoms with E-state index < -0.39 is 0 Å². The molecular weight excluding hydrogens is 260 g/mol. The first kappa shape index (κ1) is 15.4. The Morgan fingerprint density at radius 3 is 1.95 bits per heavy atom. The van der Waals surface area contributed by atoms with Gasteiger partial charge in [-0.3, -0.25) is 4.79 Å². The summed E-state index contributed by atoms with van der Waals surface area (Å²) in [5.74, 6) is 0.419. The van der Waals surface area contributed by atoms with E-state index >= 15 is 0 Å². The lowest BCUT2D eigenvalue weighted by Crippen LogP contribution is -2.36. The number of rotatable bonds is 4. The minimum absolute atomic E-state index is 0.0105. The molecule has 0 bridgehead atoms. The van der Waals surface area contributed by atoms with E-state index in [1.54, 1.807) is 0 Å². The van der Waals surface area contributed by atoms with Gasteiger partial charge in [0.25, 0.3) is 5.91 Å². The van der Waals surface area contributed by atoms with E-state index in [1.165, 1.54) is 11.4 Å². The number of amides is 1. The van der Waals surface area contributed by atoms with Crippen molar-refractivity contribution in [2.24, 2.45) is 5.92 Å². The van der Waals surface area contributed by atoms with Gasteiger partial charge in [-0.15, -0.1) is 0 Å². The summed E-state index contributed by atoms with van der Waals surface area (Å²) in [5.41, 5.74) is 4.17. The zero-order chi connectivity index (χ0) is 15.6. The van der Waals surface area contributed by atoms with Gasteiger partial charge in [-0.2, -0.15) is 0 Å². The molecule has 1 unspecified atom stereocenters. The summed E-state index contributed by atoms with van der Waals surface area (Å²) in [6.45, 7) is 10.4. The van der Waals surface area contributed by atoms with Crippen LogP contribution in [0.4, 0.5) is 0 Å². The van der Waals surface area contributed by atoms with Crippen LogP contribution in [0, 0.1) is 19.8 Å². The van der Waals surface area contributed by atoms with E-state index in [1.807, 2.05) is 31.2 Å². The third-order valence-electron chi connectivity index (χ3n) is 4.02. The second-order valence-corrected chi connectivity index (χ2v) is 6.00. The Morgan fingerprint density at radius 2 is 1.48 bits per heavy atom. The van der Waals surface area contributed by atoms with Crippen LogP contribution in [0.3, 0.4) is 0 Å². The van der Waals surface area contributed by atoms with Crippen molar-refractivity contribution < 1.29 is 4.79 Å². The fraction of sp³-hybridized carbons (Fsp3) is 0.389. The van der Waals surface area contributed by atoms with Crippen molar-refractivity contribution in [3.05, 3.63) is 53.3 Å². The zero-order valence-corrected chi connectivity index (χ0v) is 13.5. The highest BCUT2D eigenvalue weighted by atomic mass is 16.1. The maximum absolute atomic E-state index is 12.2. The Labute approximate surface area is 127 Å². The van der Waals surface area contributed by atoms with Gasteiger partial charge in [0.1, 0.15) is 0 Å². The molecule has 1 atom stereocenters. The predicted molar refractivity (Wildman–Crippen MR) is 87.0 cm³/mol. The van der Waals surface area contributed by atoms with Crippen LogP contribution in [0.2, 0.25) is 0 Å². The second kappa shape index (κ2) is 6.17. The molecule has 21 heavy (non-hydrogen) atoms. The van der Waals surface area contributed by atoms with E-state index in [2.05, 4.69) is 49.7 Å². The maximum Gasteiger partial charge on any atom is 0.251 e. The van der Waals surface area contributed by atoms with Crippen molar-refractivity contribution in [2.75, 3.05) is 0 Å². The molecule has 0 radical (unpaired) electrons. The van der Waals surface area contributed by atoms with Gasteiger partial charge in [-0.1, -0.05) is 13.8 Å². The number of nitrogens with one attached hydrogen (secondary N) is 1. The summed E-state index contributed by atoms with van der Waals surface area (Å²) in [4.78, 5) is 12.2. The van der Waals surface area contributed by atoms with Crippen LogP contribution in [0.25, 0.3) is 5.69 Å². The van der Waals surface area contributed by atoms with E-state index in [4.69, 9.17) is 0 Å². The monoisotopic (exact) mass is 284 g/mol. The summed E-state index contributed by atoms with van der Waals surface area (Å²) in [7, 11) is 0. The zero-order valence-electron chi connectivity index (χ0n) is 13.5. The molecule has 0 saturated carbocycles. The summed E-state index contributed by atoms with van der Waals surface area (Å²) in [6, 6.07) is 12.1. The van der Waals surface area contributed by atoms with Crippen molar-refractivity contribution >= 4 is 5.91 Å². The average Bonchev–Trinajstić information content (AvgIpc) is 2.78. The van der Waals surface area contributed by atoms with Crippen LogP contribution >= 0.6 is 0 Å². The van der Waals surface area contributed by atoms with E-state index in [9.17, 15) is 4.79 Å². The van der Waals surface area contributed by atoms with Crippen molar-refractivity contribution in [2.45, 2.75) is 40.7 Å². The molecule has 3 nitrogen and oxygen atoms in total. The van der Waals surface area contributed by atoms with Crippen LogP contribution in [0.5, 0.6) is 0 Å². The molecular formula is C18H24N2O. The van der Waals surface area contributed by atoms with Crippen molar-refractivity contribution in [1.29, 1.82) is 0 Å². The average molecular weight is 284 g/mol. The first-order chi connectivity index (χ1) is 9.90. The highest BCUT2D eigenvalue weighted by Gasteiger charge is 2.12. The first-order valence-corrected chi connectivity index (χ1v) is 7.46. The minimum atomic E-state index is -0.0105. The first-order valence-electron chi connectivity index (χ1n) is 7.46. The number of benzene rings is 1. The van der Waals surface area contributed by atoms with Crippen LogP contribution in [-0.4, -0.2) is 16.5 Å². The van der Waals surface area contributed by atoms with Gasteiger partial charge in [0.15, 0.2) is 0 Å². The molecule has 1 heterocycles. The summed E-state index contributed by atoms with van der Waals surface area (Å²) < 4.78 is 2.18. The molecule has 1 N–H and O–H groups in total. The van der Waals surface area contributed by atoms with Gasteiger partial charge >= 0.3 is 0 Å². The third-order valence-corrected chi connectivity index (χ3v) is 4.02. The fourth-order valence-electron chi connectivity index (χ4n) is 2.29. The molecule has 0 aliphatic carbocycles. The SMILES string of the molecule is Cc1ccc(C)n1-c1ccc(C(=O)NC(C)C(C)C)cc1. The molecule has 112 valence electrons. The molecule has 3 heteroatoms. The molecule has 0 saturated heterocycles. The highest BCUT2D eigenvalue weighted by Crippen LogP contribution is 2.17. The Hall–Kier alpha value is -2.03. The predicted octanol–water partition coefficient (Wildman–Crippen LogP) is 3.87. The van der Waals surface area contributed by atoms with Gasteiger partial charge in [0.2, 0.25) is 0 Å². The van der Waals surface area contributed by atoms with Crippen LogP contribution in [-0.2, 0) is 0 Å². The minimum Gasteiger partial charge on any atom is -0.349 e. The number of aryl methyl sites for hydroxylation is 2. The number of hydrogen-bond donors (Lipinski definition) is 1. The van der Waals surface area contributed by atoms with Crippen LogP contribution in [0.1, 0.15) is 42.5 Å². The molecule has 2 aromatic rings. The summed E-state index contributed by atoms with van der Waals surface area (Å²) in [5, 5.41) is 3.03. The largest absolute Gasteiger partial charge is 0.349 e. The smallest absolute Gasteiger partial charge is 0.251 e. The molecule has 0 aliphatic heterocycles. The topological polar surface area (TPSA) is 34.0 Å². The Kier molecular flexibility index (Phi) is 4.51. The Bertz CT molecular complexity index is 604. The normalized spacial score (nSPS) is 12.5. The van der Waals surface area contributed by atoms with Gasteiger partial charge in [-0.05, 0) is 63.1 Å². The lowest BCUT2D eigenvalue weighted by atomic mass is 10.1. The lowest BCUT2D eigenvalue weighted by molar-refractivity contribution is 0.0930. The quantitative estimate of drug-likeness (QED) is 0.908. The Morgan fingerprint density at radius 1 is 0.952 bits per heavy atom. The lowest BCUT2D eigenvalue weighted by Gasteiger charge is -2.17. The molecule has 2 rings (SSSR count). The number of carbonyl (C=O) groups is 1. The fourth-order valence-corrected chi connectivity index (χ4v) is 2.29. The number of nitrogens with zero attached hydrogens (tertiary/aromatic N) is 1. The summed E-state index contributed by atoms with van der Waals surface area (Å²) in [6.07, 6.45) is 0. The molecule has 1 amide bonds. The number of hydrogen-bond acceptors (Lipinski definition) is 1. The third kappa shape index (κ3) is 3.35. The molecule has 0 spiro atoms. The second-order valence-electron chi connectivity index (χ2n) is 6.00. The van der Waals surface area contributed by atoms with E-state index in [0.29, 0.717) is 11.5 Å². The van der Waals surface area contributed by atoms with Crippen molar-refractivity contribution in [3.8, 4) is 5.69 Å².